The summed E-state index contributed by atoms with van der Waals surface area (Å²) < 4.78 is 38.9. The third kappa shape index (κ3) is 3.23. The minimum atomic E-state index is -3.71. The number of ether oxygens (including phenoxy) is 2. The molecule has 6 nitrogen and oxygen atoms in total. The summed E-state index contributed by atoms with van der Waals surface area (Å²) >= 11 is 0. The number of aryl methyl sites for hydroxylation is 2. The van der Waals surface area contributed by atoms with Crippen molar-refractivity contribution in [2.75, 3.05) is 18.9 Å². The van der Waals surface area contributed by atoms with E-state index < -0.39 is 10.0 Å². The van der Waals surface area contributed by atoms with E-state index in [0.29, 0.717) is 17.2 Å². The van der Waals surface area contributed by atoms with Gasteiger partial charge in [0.2, 0.25) is 0 Å². The molecule has 0 saturated heterocycles. The van der Waals surface area contributed by atoms with Gasteiger partial charge in [0.05, 0.1) is 24.8 Å². The molecule has 0 saturated carbocycles. The maximum Gasteiger partial charge on any atom is 0.261 e. The highest BCUT2D eigenvalue weighted by molar-refractivity contribution is 7.92. The predicted molar refractivity (Wildman–Crippen MR) is 105 cm³/mol. The Labute approximate surface area is 158 Å². The van der Waals surface area contributed by atoms with E-state index in [1.165, 1.54) is 31.9 Å². The molecule has 1 aromatic heterocycles. The summed E-state index contributed by atoms with van der Waals surface area (Å²) in [6, 6.07) is 10.2. The van der Waals surface area contributed by atoms with E-state index in [1.807, 2.05) is 6.07 Å². The zero-order valence-electron chi connectivity index (χ0n) is 15.3. The number of aromatic nitrogens is 1. The Hall–Kier alpha value is -2.67. The van der Waals surface area contributed by atoms with Gasteiger partial charge in [-0.2, -0.15) is 0 Å². The van der Waals surface area contributed by atoms with Crippen LogP contribution in [0.4, 0.5) is 5.69 Å². The number of aromatic amines is 1. The number of hydrogen-bond donors (Lipinski definition) is 2. The fourth-order valence-electron chi connectivity index (χ4n) is 3.67. The SMILES string of the molecule is COc1ccc(NS(=O)(=O)c2ccc3[nH]c4c(c3c2)CCCC4)cc1OC. The van der Waals surface area contributed by atoms with Crippen LogP contribution in [0.1, 0.15) is 24.1 Å². The van der Waals surface area contributed by atoms with Crippen LogP contribution >= 0.6 is 0 Å². The summed E-state index contributed by atoms with van der Waals surface area (Å²) in [7, 11) is -0.665. The fraction of sp³-hybridized carbons (Fsp3) is 0.300. The number of fused-ring (bicyclic) bond motifs is 3. The van der Waals surface area contributed by atoms with Gasteiger partial charge >= 0.3 is 0 Å². The first-order valence-electron chi connectivity index (χ1n) is 8.90. The van der Waals surface area contributed by atoms with Gasteiger partial charge in [0.1, 0.15) is 0 Å². The molecule has 2 N–H and O–H groups in total. The first-order chi connectivity index (χ1) is 13.0. The lowest BCUT2D eigenvalue weighted by Crippen LogP contribution is -2.13. The monoisotopic (exact) mass is 386 g/mol. The molecule has 0 radical (unpaired) electrons. The van der Waals surface area contributed by atoms with Crippen LogP contribution in [-0.4, -0.2) is 27.6 Å². The second kappa shape index (κ2) is 6.81. The Kier molecular flexibility index (Phi) is 4.47. The summed E-state index contributed by atoms with van der Waals surface area (Å²) in [5, 5.41) is 1.000. The normalized spacial score (nSPS) is 14.0. The largest absolute Gasteiger partial charge is 0.493 e. The molecule has 0 spiro atoms. The number of nitrogens with one attached hydrogen (secondary N) is 2. The lowest BCUT2D eigenvalue weighted by atomic mass is 9.96. The van der Waals surface area contributed by atoms with Crippen LogP contribution in [-0.2, 0) is 22.9 Å². The van der Waals surface area contributed by atoms with Crippen LogP contribution in [0, 0.1) is 0 Å². The second-order valence-electron chi connectivity index (χ2n) is 6.67. The van der Waals surface area contributed by atoms with Gasteiger partial charge in [0.15, 0.2) is 11.5 Å². The maximum absolute atomic E-state index is 12.9. The average Bonchev–Trinajstić information content (AvgIpc) is 3.05. The molecule has 3 aromatic rings. The average molecular weight is 386 g/mol. The lowest BCUT2D eigenvalue weighted by Gasteiger charge is -2.12. The molecule has 0 amide bonds. The molecule has 2 aromatic carbocycles. The van der Waals surface area contributed by atoms with Gasteiger partial charge in [-0.15, -0.1) is 0 Å². The molecule has 0 atom stereocenters. The molecule has 0 unspecified atom stereocenters. The summed E-state index contributed by atoms with van der Waals surface area (Å²) in [5.41, 5.74) is 3.90. The van der Waals surface area contributed by atoms with Crippen LogP contribution in [0.5, 0.6) is 11.5 Å². The number of hydrogen-bond acceptors (Lipinski definition) is 4. The van der Waals surface area contributed by atoms with Crippen molar-refractivity contribution in [1.29, 1.82) is 0 Å². The van der Waals surface area contributed by atoms with Crippen molar-refractivity contribution < 1.29 is 17.9 Å². The standard InChI is InChI=1S/C20H22N2O4S/c1-25-19-10-7-13(11-20(19)26-2)22-27(23,24)14-8-9-18-16(12-14)15-5-3-4-6-17(15)21-18/h7-12,21-22H,3-6H2,1-2H3. The van der Waals surface area contributed by atoms with Crippen LogP contribution in [0.25, 0.3) is 10.9 Å². The highest BCUT2D eigenvalue weighted by atomic mass is 32.2. The van der Waals surface area contributed by atoms with E-state index >= 15 is 0 Å². The predicted octanol–water partition coefficient (Wildman–Crippen LogP) is 3.86. The molecule has 1 heterocycles. The molecule has 27 heavy (non-hydrogen) atoms. The highest BCUT2D eigenvalue weighted by Crippen LogP contribution is 2.33. The third-order valence-corrected chi connectivity index (χ3v) is 6.39. The highest BCUT2D eigenvalue weighted by Gasteiger charge is 2.20. The van der Waals surface area contributed by atoms with E-state index in [4.69, 9.17) is 9.47 Å². The van der Waals surface area contributed by atoms with Crippen LogP contribution in [0.2, 0.25) is 0 Å². The molecule has 1 aliphatic carbocycles. The van der Waals surface area contributed by atoms with Crippen molar-refractivity contribution in [1.82, 2.24) is 4.98 Å². The van der Waals surface area contributed by atoms with Crippen molar-refractivity contribution in [2.24, 2.45) is 0 Å². The van der Waals surface area contributed by atoms with Gasteiger partial charge in [0, 0.05) is 22.7 Å². The first-order valence-corrected chi connectivity index (χ1v) is 10.4. The summed E-state index contributed by atoms with van der Waals surface area (Å²) in [5.74, 6) is 1.01. The van der Waals surface area contributed by atoms with Gasteiger partial charge in [0.25, 0.3) is 10.0 Å². The summed E-state index contributed by atoms with van der Waals surface area (Å²) in [6.45, 7) is 0. The number of methoxy groups -OCH3 is 2. The van der Waals surface area contributed by atoms with Crippen LogP contribution < -0.4 is 14.2 Å². The Balaban J connectivity index is 1.69. The van der Waals surface area contributed by atoms with Crippen LogP contribution in [0.15, 0.2) is 41.3 Å². The Morgan fingerprint density at radius 1 is 0.963 bits per heavy atom. The second-order valence-corrected chi connectivity index (χ2v) is 8.35. The summed E-state index contributed by atoms with van der Waals surface area (Å²) in [4.78, 5) is 3.67. The molecule has 7 heteroatoms. The zero-order valence-corrected chi connectivity index (χ0v) is 16.2. The number of H-pyrrole nitrogens is 1. The molecular weight excluding hydrogens is 364 g/mol. The summed E-state index contributed by atoms with van der Waals surface area (Å²) in [6.07, 6.45) is 4.32. The van der Waals surface area contributed by atoms with E-state index in [-0.39, 0.29) is 4.90 Å². The number of sulfonamides is 1. The van der Waals surface area contributed by atoms with Crippen molar-refractivity contribution in [3.05, 3.63) is 47.7 Å². The van der Waals surface area contributed by atoms with E-state index in [9.17, 15) is 8.42 Å². The van der Waals surface area contributed by atoms with E-state index in [0.717, 1.165) is 30.2 Å². The Morgan fingerprint density at radius 3 is 2.52 bits per heavy atom. The first kappa shape index (κ1) is 17.7. The smallest absolute Gasteiger partial charge is 0.261 e. The quantitative estimate of drug-likeness (QED) is 0.698. The molecule has 0 bridgehead atoms. The van der Waals surface area contributed by atoms with E-state index in [1.54, 1.807) is 30.3 Å². The fourth-order valence-corrected chi connectivity index (χ4v) is 4.74. The number of benzene rings is 2. The Morgan fingerprint density at radius 2 is 1.74 bits per heavy atom. The molecule has 1 aliphatic rings. The van der Waals surface area contributed by atoms with Crippen molar-refractivity contribution in [3.63, 3.8) is 0 Å². The zero-order chi connectivity index (χ0) is 19.0. The van der Waals surface area contributed by atoms with Gasteiger partial charge < -0.3 is 14.5 Å². The van der Waals surface area contributed by atoms with Crippen molar-refractivity contribution >= 4 is 26.6 Å². The molecule has 0 aliphatic heterocycles. The van der Waals surface area contributed by atoms with Gasteiger partial charge in [-0.3, -0.25) is 4.72 Å². The number of rotatable bonds is 5. The number of anilines is 1. The van der Waals surface area contributed by atoms with Gasteiger partial charge in [-0.25, -0.2) is 8.42 Å². The molecule has 0 fully saturated rings. The van der Waals surface area contributed by atoms with Gasteiger partial charge in [-0.1, -0.05) is 0 Å². The molecule has 142 valence electrons. The lowest BCUT2D eigenvalue weighted by molar-refractivity contribution is 0.355. The maximum atomic E-state index is 12.9. The van der Waals surface area contributed by atoms with Gasteiger partial charge in [-0.05, 0) is 61.6 Å². The minimum absolute atomic E-state index is 0.247. The third-order valence-electron chi connectivity index (χ3n) is 5.02. The van der Waals surface area contributed by atoms with Crippen LogP contribution in [0.3, 0.4) is 0 Å². The van der Waals surface area contributed by atoms with Crippen molar-refractivity contribution in [3.8, 4) is 11.5 Å². The van der Waals surface area contributed by atoms with E-state index in [2.05, 4.69) is 9.71 Å². The van der Waals surface area contributed by atoms with Crippen molar-refractivity contribution in [2.45, 2.75) is 30.6 Å². The molecule has 4 rings (SSSR count). The molecular formula is C20H22N2O4S. The minimum Gasteiger partial charge on any atom is -0.493 e. The Bertz CT molecular complexity index is 1100. The topological polar surface area (TPSA) is 80.4 Å².